The molecular weight excluding hydrogens is 676 g/mol. The molecule has 5 atom stereocenters. The number of aromatic nitrogens is 2. The number of amidine groups is 1. The third-order valence-electron chi connectivity index (χ3n) is 7.64. The van der Waals surface area contributed by atoms with Crippen molar-refractivity contribution in [2.75, 3.05) is 17.3 Å². The number of carbonyl (C=O) groups excluding carboxylic acids is 4. The van der Waals surface area contributed by atoms with Gasteiger partial charge in [0.1, 0.15) is 24.4 Å². The molecule has 0 bridgehead atoms. The molecule has 0 amide bonds. The fraction of sp³-hybridized carbons (Fsp3) is 0.567. The van der Waals surface area contributed by atoms with E-state index >= 15 is 0 Å². The van der Waals surface area contributed by atoms with Crippen molar-refractivity contribution in [3.63, 3.8) is 0 Å². The van der Waals surface area contributed by atoms with E-state index in [-0.39, 0.29) is 17.3 Å². The molecule has 0 N–H and O–H groups in total. The summed E-state index contributed by atoms with van der Waals surface area (Å²) >= 11 is 4.05. The van der Waals surface area contributed by atoms with Crippen molar-refractivity contribution in [3.05, 3.63) is 30.1 Å². The fourth-order valence-electron chi connectivity index (χ4n) is 5.88. The number of benzene rings is 1. The minimum Gasteiger partial charge on any atom is -0.463 e. The summed E-state index contributed by atoms with van der Waals surface area (Å²) in [5, 5.41) is 8.94. The van der Waals surface area contributed by atoms with Crippen molar-refractivity contribution in [1.82, 2.24) is 10.2 Å². The Hall–Kier alpha value is -3.28. The number of nitrogens with zero attached hydrogens (tertiary/aromatic N) is 4. The zero-order chi connectivity index (χ0) is 33.7. The average Bonchev–Trinajstić information content (AvgIpc) is 3.59. The molecule has 2 saturated heterocycles. The second kappa shape index (κ2) is 15.3. The number of esters is 4. The number of anilines is 1. The summed E-state index contributed by atoms with van der Waals surface area (Å²) in [6.07, 6.45) is 0.468. The van der Waals surface area contributed by atoms with E-state index in [1.807, 2.05) is 11.8 Å². The first-order valence-electron chi connectivity index (χ1n) is 15.0. The minimum atomic E-state index is -1.29. The smallest absolute Gasteiger partial charge is 0.303 e. The van der Waals surface area contributed by atoms with E-state index < -0.39 is 53.7 Å². The number of aliphatic imine (C=N–C) groups is 1. The van der Waals surface area contributed by atoms with E-state index in [1.54, 1.807) is 12.1 Å². The number of hydrogen-bond donors (Lipinski definition) is 0. The predicted octanol–water partition coefficient (Wildman–Crippen LogP) is 4.80. The molecule has 17 heteroatoms. The molecule has 1 spiro atoms. The van der Waals surface area contributed by atoms with Gasteiger partial charge in [-0.15, -0.1) is 22.0 Å². The van der Waals surface area contributed by atoms with Gasteiger partial charge in [-0.2, -0.15) is 0 Å². The van der Waals surface area contributed by atoms with Crippen LogP contribution in [0.25, 0.3) is 0 Å². The molecular formula is C30H35FN4O9S3. The lowest BCUT2D eigenvalue weighted by Gasteiger charge is -2.43. The maximum Gasteiger partial charge on any atom is 0.303 e. The van der Waals surface area contributed by atoms with E-state index in [0.717, 1.165) is 55.9 Å². The molecule has 1 aromatic heterocycles. The van der Waals surface area contributed by atoms with Crippen LogP contribution in [0.2, 0.25) is 0 Å². The Morgan fingerprint density at radius 2 is 1.57 bits per heavy atom. The Morgan fingerprint density at radius 1 is 0.936 bits per heavy atom. The van der Waals surface area contributed by atoms with Crippen LogP contribution >= 0.6 is 34.9 Å². The largest absolute Gasteiger partial charge is 0.463 e. The summed E-state index contributed by atoms with van der Waals surface area (Å²) in [5.41, 5.74) is -0.180. The van der Waals surface area contributed by atoms with Crippen molar-refractivity contribution in [1.29, 1.82) is 0 Å². The molecule has 5 rings (SSSR count). The summed E-state index contributed by atoms with van der Waals surface area (Å²) in [5.74, 6) is -1.62. The van der Waals surface area contributed by atoms with Crippen LogP contribution in [0.15, 0.2) is 33.6 Å². The fourth-order valence-corrected chi connectivity index (χ4v) is 9.39. The lowest BCUT2D eigenvalue weighted by atomic mass is 9.93. The van der Waals surface area contributed by atoms with E-state index in [0.29, 0.717) is 15.2 Å². The Bertz CT molecular complexity index is 1500. The van der Waals surface area contributed by atoms with Gasteiger partial charge >= 0.3 is 23.9 Å². The second-order valence-corrected chi connectivity index (χ2v) is 14.8. The molecule has 1 saturated carbocycles. The predicted molar refractivity (Wildman–Crippen MR) is 172 cm³/mol. The van der Waals surface area contributed by atoms with Crippen LogP contribution in [0.5, 0.6) is 0 Å². The zero-order valence-corrected chi connectivity index (χ0v) is 28.7. The van der Waals surface area contributed by atoms with Crippen LogP contribution in [0, 0.1) is 5.82 Å². The molecule has 2 aliphatic heterocycles. The van der Waals surface area contributed by atoms with Crippen LogP contribution in [-0.4, -0.2) is 87.0 Å². The molecule has 3 fully saturated rings. The van der Waals surface area contributed by atoms with Gasteiger partial charge in [-0.25, -0.2) is 9.38 Å². The van der Waals surface area contributed by atoms with Gasteiger partial charge < -0.3 is 28.6 Å². The maximum absolute atomic E-state index is 13.8. The highest BCUT2D eigenvalue weighted by atomic mass is 32.2. The Kier molecular flexibility index (Phi) is 11.4. The van der Waals surface area contributed by atoms with Gasteiger partial charge in [-0.1, -0.05) is 42.4 Å². The molecule has 254 valence electrons. The van der Waals surface area contributed by atoms with Gasteiger partial charge in [0.2, 0.25) is 5.13 Å². The van der Waals surface area contributed by atoms with Crippen molar-refractivity contribution in [2.45, 2.75) is 98.9 Å². The maximum atomic E-state index is 13.8. The summed E-state index contributed by atoms with van der Waals surface area (Å²) in [6, 6.07) is 6.41. The highest BCUT2D eigenvalue weighted by Gasteiger charge is 2.53. The molecule has 2 aromatic rings. The van der Waals surface area contributed by atoms with Crippen molar-refractivity contribution in [3.8, 4) is 0 Å². The molecule has 0 radical (unpaired) electrons. The van der Waals surface area contributed by atoms with Gasteiger partial charge in [-0.3, -0.25) is 19.2 Å². The number of thioether (sulfide) groups is 2. The van der Waals surface area contributed by atoms with Crippen molar-refractivity contribution >= 4 is 75.4 Å². The molecule has 1 unspecified atom stereocenters. The third-order valence-corrected chi connectivity index (χ3v) is 11.2. The number of carbonyl (C=O) groups is 4. The molecule has 3 heterocycles. The molecule has 47 heavy (non-hydrogen) atoms. The van der Waals surface area contributed by atoms with E-state index in [4.69, 9.17) is 28.7 Å². The SMILES string of the molecule is CC(=O)OC[C@H]1OC(Sc2nnc(/N=C3\CSC4(CCCCC4)N3c3ccc(F)cc3)s2)[C@H](OC(C)=O)[C@@H](OC(C)=O)[C@@H]1OC(C)=O. The first-order chi connectivity index (χ1) is 22.4. The van der Waals surface area contributed by atoms with Crippen LogP contribution in [0.4, 0.5) is 15.2 Å². The van der Waals surface area contributed by atoms with Crippen molar-refractivity contribution in [2.24, 2.45) is 4.99 Å². The van der Waals surface area contributed by atoms with Crippen LogP contribution < -0.4 is 4.90 Å². The lowest BCUT2D eigenvalue weighted by molar-refractivity contribution is -0.237. The third kappa shape index (κ3) is 8.61. The van der Waals surface area contributed by atoms with Crippen molar-refractivity contribution < 1.29 is 47.3 Å². The van der Waals surface area contributed by atoms with Gasteiger partial charge in [0, 0.05) is 33.4 Å². The van der Waals surface area contributed by atoms with E-state index in [2.05, 4.69) is 15.1 Å². The summed E-state index contributed by atoms with van der Waals surface area (Å²) < 4.78 is 42.1. The molecule has 3 aliphatic rings. The molecule has 1 aromatic carbocycles. The first kappa shape index (κ1) is 35.0. The Labute approximate surface area is 283 Å². The van der Waals surface area contributed by atoms with Crippen LogP contribution in [-0.2, 0) is 42.9 Å². The number of rotatable bonds is 9. The normalized spacial score (nSPS) is 26.2. The number of hydrogen-bond acceptors (Lipinski definition) is 15. The monoisotopic (exact) mass is 710 g/mol. The number of ether oxygens (including phenoxy) is 5. The summed E-state index contributed by atoms with van der Waals surface area (Å²) in [6.45, 7) is 4.39. The summed E-state index contributed by atoms with van der Waals surface area (Å²) in [4.78, 5) is 54.9. The minimum absolute atomic E-state index is 0.175. The highest BCUT2D eigenvalue weighted by Crippen LogP contribution is 2.50. The zero-order valence-electron chi connectivity index (χ0n) is 26.2. The molecule has 1 aliphatic carbocycles. The lowest BCUT2D eigenvalue weighted by Crippen LogP contribution is -2.61. The molecule has 13 nitrogen and oxygen atoms in total. The first-order valence-corrected chi connectivity index (χ1v) is 17.7. The van der Waals surface area contributed by atoms with Gasteiger partial charge in [0.25, 0.3) is 0 Å². The summed E-state index contributed by atoms with van der Waals surface area (Å²) in [7, 11) is 0. The second-order valence-electron chi connectivity index (χ2n) is 11.2. The standard InChI is InChI=1S/C30H35FN4O9S3/c1-16(36)40-14-22-24(41-17(2)37)25(42-18(3)38)26(43-19(4)39)27(44-22)46-29-34-33-28(47-29)32-23-15-45-30(12-6-5-7-13-30)35(23)21-10-8-20(31)9-11-21/h8-11,22,24-27H,5-7,12-15H2,1-4H3/b32-23+/t22-,24-,25+,26-,27?/m1/s1. The highest BCUT2D eigenvalue weighted by molar-refractivity contribution is 8.02. The quantitative estimate of drug-likeness (QED) is 0.258. The Morgan fingerprint density at radius 3 is 2.21 bits per heavy atom. The van der Waals surface area contributed by atoms with Crippen LogP contribution in [0.1, 0.15) is 59.8 Å². The van der Waals surface area contributed by atoms with E-state index in [1.165, 1.54) is 50.7 Å². The van der Waals surface area contributed by atoms with Gasteiger partial charge in [0.05, 0.1) is 10.6 Å². The van der Waals surface area contributed by atoms with Gasteiger partial charge in [0.15, 0.2) is 28.1 Å². The topological polar surface area (TPSA) is 156 Å². The Balaban J connectivity index is 1.43. The van der Waals surface area contributed by atoms with E-state index in [9.17, 15) is 23.6 Å². The number of halogens is 1. The van der Waals surface area contributed by atoms with Crippen LogP contribution in [0.3, 0.4) is 0 Å². The van der Waals surface area contributed by atoms with Gasteiger partial charge in [-0.05, 0) is 37.1 Å². The average molecular weight is 711 g/mol.